The third-order valence-electron chi connectivity index (χ3n) is 5.94. The molecule has 3 heterocycles. The second-order valence-corrected chi connectivity index (χ2v) is 9.31. The first-order valence-corrected chi connectivity index (χ1v) is 12.5. The molecule has 0 bridgehead atoms. The van der Waals surface area contributed by atoms with Crippen molar-refractivity contribution in [2.24, 2.45) is 5.92 Å². The fraction of sp³-hybridized carbons (Fsp3) is 0.400. The number of carbonyl (C=O) groups excluding carboxylic acids is 2. The Kier molecular flexibility index (Phi) is 7.62. The van der Waals surface area contributed by atoms with Crippen LogP contribution in [0.5, 0.6) is 0 Å². The molecule has 3 aromatic rings. The maximum absolute atomic E-state index is 12.9. The minimum Gasteiger partial charge on any atom is -0.466 e. The Bertz CT molecular complexity index is 1160. The molecule has 2 aromatic heterocycles. The Hall–Kier alpha value is -3.20. The van der Waals surface area contributed by atoms with Crippen LogP contribution in [0.4, 0.5) is 0 Å². The van der Waals surface area contributed by atoms with E-state index in [0.29, 0.717) is 43.5 Å². The van der Waals surface area contributed by atoms with E-state index in [0.717, 1.165) is 16.8 Å². The van der Waals surface area contributed by atoms with Crippen LogP contribution in [-0.2, 0) is 14.3 Å². The van der Waals surface area contributed by atoms with E-state index in [1.807, 2.05) is 28.5 Å². The average molecular weight is 480 g/mol. The number of amides is 1. The number of nitrogens with zero attached hydrogens (tertiary/aromatic N) is 5. The van der Waals surface area contributed by atoms with Gasteiger partial charge < -0.3 is 9.64 Å². The molecule has 1 aromatic carbocycles. The number of ether oxygens (including phenoxy) is 1. The van der Waals surface area contributed by atoms with Crippen molar-refractivity contribution in [3.63, 3.8) is 0 Å². The normalized spacial score (nSPS) is 14.3. The topological polar surface area (TPSA) is 90.2 Å². The highest BCUT2D eigenvalue weighted by atomic mass is 32.2. The maximum Gasteiger partial charge on any atom is 0.309 e. The Balaban J connectivity index is 1.51. The number of hydrogen-bond donors (Lipinski definition) is 0. The minimum atomic E-state index is -0.159. The van der Waals surface area contributed by atoms with Crippen LogP contribution in [0, 0.1) is 19.8 Å². The van der Waals surface area contributed by atoms with Gasteiger partial charge in [-0.1, -0.05) is 29.5 Å². The molecule has 0 radical (unpaired) electrons. The molecule has 1 saturated heterocycles. The standard InChI is InChI=1S/C25H29N5O3S/c1-4-33-24(32)19-9-12-29(13-10-19)22(31)16-34-25-28-27-23(20-6-5-11-26-15-20)30(25)21-8-7-17(2)14-18(21)3/h5-8,11,14-15,19H,4,9-10,12-13,16H2,1-3H3. The molecule has 9 heteroatoms. The van der Waals surface area contributed by atoms with Gasteiger partial charge in [0.2, 0.25) is 5.91 Å². The molecule has 0 spiro atoms. The van der Waals surface area contributed by atoms with Crippen molar-refractivity contribution in [3.05, 3.63) is 53.9 Å². The van der Waals surface area contributed by atoms with Gasteiger partial charge in [0.15, 0.2) is 11.0 Å². The summed E-state index contributed by atoms with van der Waals surface area (Å²) in [5, 5.41) is 9.51. The molecule has 0 atom stereocenters. The first-order chi connectivity index (χ1) is 16.5. The SMILES string of the molecule is CCOC(=O)C1CCN(C(=O)CSc2nnc(-c3cccnc3)n2-c2ccc(C)cc2C)CC1. The van der Waals surface area contributed by atoms with Crippen molar-refractivity contribution in [3.8, 4) is 17.1 Å². The quantitative estimate of drug-likeness (QED) is 0.376. The van der Waals surface area contributed by atoms with E-state index in [9.17, 15) is 9.59 Å². The number of likely N-dealkylation sites (tertiary alicyclic amines) is 1. The zero-order valence-corrected chi connectivity index (χ0v) is 20.5. The first-order valence-electron chi connectivity index (χ1n) is 11.5. The van der Waals surface area contributed by atoms with E-state index in [-0.39, 0.29) is 23.5 Å². The van der Waals surface area contributed by atoms with Gasteiger partial charge >= 0.3 is 5.97 Å². The highest BCUT2D eigenvalue weighted by Crippen LogP contribution is 2.30. The molecule has 1 aliphatic rings. The van der Waals surface area contributed by atoms with Crippen molar-refractivity contribution < 1.29 is 14.3 Å². The lowest BCUT2D eigenvalue weighted by Crippen LogP contribution is -2.41. The lowest BCUT2D eigenvalue weighted by Gasteiger charge is -2.30. The molecule has 0 saturated carbocycles. The van der Waals surface area contributed by atoms with Gasteiger partial charge in [-0.2, -0.15) is 0 Å². The van der Waals surface area contributed by atoms with Crippen molar-refractivity contribution in [1.82, 2.24) is 24.6 Å². The number of aryl methyl sites for hydroxylation is 2. The maximum atomic E-state index is 12.9. The fourth-order valence-electron chi connectivity index (χ4n) is 4.16. The van der Waals surface area contributed by atoms with Gasteiger partial charge in [0, 0.05) is 31.0 Å². The zero-order chi connectivity index (χ0) is 24.1. The monoisotopic (exact) mass is 479 g/mol. The number of piperidine rings is 1. The number of pyridine rings is 1. The number of hydrogen-bond acceptors (Lipinski definition) is 7. The van der Waals surface area contributed by atoms with Gasteiger partial charge in [-0.25, -0.2) is 0 Å². The van der Waals surface area contributed by atoms with E-state index < -0.39 is 0 Å². The van der Waals surface area contributed by atoms with Crippen molar-refractivity contribution in [2.75, 3.05) is 25.4 Å². The summed E-state index contributed by atoms with van der Waals surface area (Å²) in [6.07, 6.45) is 4.76. The number of aromatic nitrogens is 4. The van der Waals surface area contributed by atoms with Gasteiger partial charge in [0.1, 0.15) is 0 Å². The molecule has 4 rings (SSSR count). The molecular formula is C25H29N5O3S. The van der Waals surface area contributed by atoms with E-state index in [2.05, 4.69) is 47.2 Å². The van der Waals surface area contributed by atoms with Crippen LogP contribution in [0.1, 0.15) is 30.9 Å². The average Bonchev–Trinajstić information content (AvgIpc) is 3.27. The lowest BCUT2D eigenvalue weighted by atomic mass is 9.97. The molecule has 34 heavy (non-hydrogen) atoms. The lowest BCUT2D eigenvalue weighted by molar-refractivity contribution is -0.151. The molecule has 0 N–H and O–H groups in total. The summed E-state index contributed by atoms with van der Waals surface area (Å²) in [7, 11) is 0. The van der Waals surface area contributed by atoms with Gasteiger partial charge in [-0.15, -0.1) is 10.2 Å². The Morgan fingerprint density at radius 3 is 2.62 bits per heavy atom. The van der Waals surface area contributed by atoms with E-state index in [1.54, 1.807) is 12.4 Å². The summed E-state index contributed by atoms with van der Waals surface area (Å²) in [6, 6.07) is 10.1. The smallest absolute Gasteiger partial charge is 0.309 e. The third kappa shape index (κ3) is 5.30. The largest absolute Gasteiger partial charge is 0.466 e. The van der Waals surface area contributed by atoms with Crippen LogP contribution in [-0.4, -0.2) is 62.0 Å². The van der Waals surface area contributed by atoms with Gasteiger partial charge in [0.25, 0.3) is 0 Å². The molecule has 0 aliphatic carbocycles. The van der Waals surface area contributed by atoms with Crippen LogP contribution in [0.2, 0.25) is 0 Å². The predicted octanol–water partition coefficient (Wildman–Crippen LogP) is 3.84. The highest BCUT2D eigenvalue weighted by molar-refractivity contribution is 7.99. The van der Waals surface area contributed by atoms with E-state index >= 15 is 0 Å². The predicted molar refractivity (Wildman–Crippen MR) is 131 cm³/mol. The number of esters is 1. The molecular weight excluding hydrogens is 450 g/mol. The second-order valence-electron chi connectivity index (χ2n) is 8.37. The summed E-state index contributed by atoms with van der Waals surface area (Å²) >= 11 is 1.37. The highest BCUT2D eigenvalue weighted by Gasteiger charge is 2.28. The molecule has 8 nitrogen and oxygen atoms in total. The Labute approximate surface area is 203 Å². The Morgan fingerprint density at radius 1 is 1.15 bits per heavy atom. The van der Waals surface area contributed by atoms with Crippen LogP contribution in [0.25, 0.3) is 17.1 Å². The first kappa shape index (κ1) is 23.9. The summed E-state index contributed by atoms with van der Waals surface area (Å²) in [5.41, 5.74) is 4.10. The van der Waals surface area contributed by atoms with Gasteiger partial charge in [-0.3, -0.25) is 19.1 Å². The fourth-order valence-corrected chi connectivity index (χ4v) is 5.01. The van der Waals surface area contributed by atoms with Crippen LogP contribution in [0.15, 0.2) is 47.9 Å². The summed E-state index contributed by atoms with van der Waals surface area (Å²) in [5.74, 6) is 0.690. The summed E-state index contributed by atoms with van der Waals surface area (Å²) in [6.45, 7) is 7.44. The molecule has 1 aliphatic heterocycles. The van der Waals surface area contributed by atoms with E-state index in [1.165, 1.54) is 17.3 Å². The summed E-state index contributed by atoms with van der Waals surface area (Å²) in [4.78, 5) is 31.0. The van der Waals surface area contributed by atoms with Gasteiger partial charge in [0.05, 0.1) is 24.0 Å². The van der Waals surface area contributed by atoms with Crippen molar-refractivity contribution in [2.45, 2.75) is 38.8 Å². The molecule has 1 amide bonds. The number of thioether (sulfide) groups is 1. The molecule has 0 unspecified atom stereocenters. The van der Waals surface area contributed by atoms with Crippen molar-refractivity contribution >= 4 is 23.6 Å². The number of carbonyl (C=O) groups is 2. The third-order valence-corrected chi connectivity index (χ3v) is 6.85. The Morgan fingerprint density at radius 2 is 1.94 bits per heavy atom. The minimum absolute atomic E-state index is 0.0328. The van der Waals surface area contributed by atoms with Crippen LogP contribution in [0.3, 0.4) is 0 Å². The number of benzene rings is 1. The summed E-state index contributed by atoms with van der Waals surface area (Å²) < 4.78 is 7.12. The second kappa shape index (κ2) is 10.8. The zero-order valence-electron chi connectivity index (χ0n) is 19.7. The van der Waals surface area contributed by atoms with E-state index in [4.69, 9.17) is 4.74 Å². The van der Waals surface area contributed by atoms with Gasteiger partial charge in [-0.05, 0) is 57.4 Å². The number of rotatable bonds is 7. The van der Waals surface area contributed by atoms with Crippen molar-refractivity contribution in [1.29, 1.82) is 0 Å². The molecule has 1 fully saturated rings. The van der Waals surface area contributed by atoms with Crippen LogP contribution < -0.4 is 0 Å². The van der Waals surface area contributed by atoms with Crippen LogP contribution >= 0.6 is 11.8 Å². The molecule has 178 valence electrons.